The molecular formula is C23H22F2N4O2. The fraction of sp³-hybridized carbons (Fsp3) is 0.261. The number of fused-ring (bicyclic) bond motifs is 1. The van der Waals surface area contributed by atoms with E-state index in [1.54, 1.807) is 0 Å². The Balaban J connectivity index is 1.40. The van der Waals surface area contributed by atoms with Crippen LogP contribution < -0.4 is 5.32 Å². The van der Waals surface area contributed by atoms with Gasteiger partial charge in [-0.2, -0.15) is 0 Å². The third kappa shape index (κ3) is 4.63. The minimum Gasteiger partial charge on any atom is -0.441 e. The van der Waals surface area contributed by atoms with Crippen molar-refractivity contribution in [2.45, 2.75) is 32.7 Å². The molecule has 0 bridgehead atoms. The zero-order valence-electron chi connectivity index (χ0n) is 17.2. The molecule has 2 N–H and O–H groups in total. The molecule has 0 spiro atoms. The second-order valence-electron chi connectivity index (χ2n) is 7.67. The summed E-state index contributed by atoms with van der Waals surface area (Å²) in [5, 5.41) is 3.01. The molecule has 6 nitrogen and oxygen atoms in total. The number of aryl methyl sites for hydroxylation is 1. The van der Waals surface area contributed by atoms with Crippen molar-refractivity contribution in [1.29, 1.82) is 0 Å². The van der Waals surface area contributed by atoms with Crippen LogP contribution in [0.3, 0.4) is 0 Å². The van der Waals surface area contributed by atoms with Crippen molar-refractivity contribution in [3.8, 4) is 11.3 Å². The zero-order valence-corrected chi connectivity index (χ0v) is 17.2. The SMILES string of the molecule is CC(C)C(NC(=O)CCc1ncc(-c2ccc(F)cc2F)o1)c1nc2ccccc2[nH]1. The van der Waals surface area contributed by atoms with Crippen molar-refractivity contribution in [3.63, 3.8) is 0 Å². The van der Waals surface area contributed by atoms with Crippen molar-refractivity contribution in [3.05, 3.63) is 72.0 Å². The molecule has 1 unspecified atom stereocenters. The molecule has 0 aliphatic carbocycles. The molecule has 0 aliphatic rings. The monoisotopic (exact) mass is 424 g/mol. The van der Waals surface area contributed by atoms with E-state index in [0.717, 1.165) is 23.2 Å². The Morgan fingerprint density at radius 2 is 2.00 bits per heavy atom. The van der Waals surface area contributed by atoms with Crippen LogP contribution in [0, 0.1) is 17.6 Å². The molecule has 0 saturated heterocycles. The number of oxazole rings is 1. The van der Waals surface area contributed by atoms with Gasteiger partial charge < -0.3 is 14.7 Å². The highest BCUT2D eigenvalue weighted by atomic mass is 19.1. The Kier molecular flexibility index (Phi) is 5.79. The van der Waals surface area contributed by atoms with Gasteiger partial charge in [-0.25, -0.2) is 18.7 Å². The maximum atomic E-state index is 13.9. The second kappa shape index (κ2) is 8.67. The molecule has 0 radical (unpaired) electrons. The predicted octanol–water partition coefficient (Wildman–Crippen LogP) is 4.94. The predicted molar refractivity (Wildman–Crippen MR) is 112 cm³/mol. The Hall–Kier alpha value is -3.55. The number of para-hydroxylation sites is 2. The van der Waals surface area contributed by atoms with Crippen molar-refractivity contribution >= 4 is 16.9 Å². The van der Waals surface area contributed by atoms with E-state index < -0.39 is 11.6 Å². The van der Waals surface area contributed by atoms with Gasteiger partial charge in [0.25, 0.3) is 0 Å². The maximum absolute atomic E-state index is 13.9. The number of nitrogens with zero attached hydrogens (tertiary/aromatic N) is 2. The molecule has 1 atom stereocenters. The van der Waals surface area contributed by atoms with E-state index in [2.05, 4.69) is 20.3 Å². The average molecular weight is 424 g/mol. The van der Waals surface area contributed by atoms with Crippen LogP contribution in [-0.2, 0) is 11.2 Å². The van der Waals surface area contributed by atoms with Gasteiger partial charge in [-0.05, 0) is 30.2 Å². The quantitative estimate of drug-likeness (QED) is 0.440. The molecule has 8 heteroatoms. The summed E-state index contributed by atoms with van der Waals surface area (Å²) in [6, 6.07) is 10.7. The molecule has 4 rings (SSSR count). The topological polar surface area (TPSA) is 83.8 Å². The Morgan fingerprint density at radius 1 is 1.19 bits per heavy atom. The molecule has 4 aromatic rings. The third-order valence-electron chi connectivity index (χ3n) is 5.00. The number of aromatic amines is 1. The largest absolute Gasteiger partial charge is 0.441 e. The van der Waals surface area contributed by atoms with E-state index in [4.69, 9.17) is 4.42 Å². The zero-order chi connectivity index (χ0) is 22.0. The van der Waals surface area contributed by atoms with Gasteiger partial charge in [0.2, 0.25) is 5.91 Å². The number of nitrogens with one attached hydrogen (secondary N) is 2. The summed E-state index contributed by atoms with van der Waals surface area (Å²) in [5.74, 6) is -0.247. The van der Waals surface area contributed by atoms with Gasteiger partial charge in [0, 0.05) is 18.9 Å². The fourth-order valence-electron chi connectivity index (χ4n) is 3.38. The molecular weight excluding hydrogens is 402 g/mol. The lowest BCUT2D eigenvalue weighted by Gasteiger charge is -2.20. The summed E-state index contributed by atoms with van der Waals surface area (Å²) in [6.45, 7) is 4.02. The number of H-pyrrole nitrogens is 1. The first-order chi connectivity index (χ1) is 14.9. The van der Waals surface area contributed by atoms with Gasteiger partial charge in [0.15, 0.2) is 11.7 Å². The van der Waals surface area contributed by atoms with Gasteiger partial charge in [-0.1, -0.05) is 26.0 Å². The number of amides is 1. The minimum atomic E-state index is -0.731. The number of hydrogen-bond acceptors (Lipinski definition) is 4. The number of carbonyl (C=O) groups excluding carboxylic acids is 1. The smallest absolute Gasteiger partial charge is 0.221 e. The van der Waals surface area contributed by atoms with Crippen LogP contribution in [0.2, 0.25) is 0 Å². The van der Waals surface area contributed by atoms with E-state index in [1.165, 1.54) is 12.3 Å². The molecule has 0 saturated carbocycles. The van der Waals surface area contributed by atoms with Crippen LogP contribution >= 0.6 is 0 Å². The minimum absolute atomic E-state index is 0.120. The number of benzene rings is 2. The number of imidazole rings is 1. The molecule has 160 valence electrons. The molecule has 0 fully saturated rings. The Morgan fingerprint density at radius 3 is 2.74 bits per heavy atom. The van der Waals surface area contributed by atoms with E-state index >= 15 is 0 Å². The summed E-state index contributed by atoms with van der Waals surface area (Å²) >= 11 is 0. The number of hydrogen-bond donors (Lipinski definition) is 2. The molecule has 2 aromatic carbocycles. The summed E-state index contributed by atoms with van der Waals surface area (Å²) in [4.78, 5) is 24.5. The fourth-order valence-corrected chi connectivity index (χ4v) is 3.38. The Bertz CT molecular complexity index is 1180. The van der Waals surface area contributed by atoms with E-state index in [-0.39, 0.29) is 42.0 Å². The molecule has 1 amide bonds. The average Bonchev–Trinajstić information content (AvgIpc) is 3.37. The van der Waals surface area contributed by atoms with Gasteiger partial charge in [0.1, 0.15) is 17.5 Å². The van der Waals surface area contributed by atoms with Gasteiger partial charge in [-0.3, -0.25) is 4.79 Å². The summed E-state index contributed by atoms with van der Waals surface area (Å²) in [6.07, 6.45) is 1.77. The number of aromatic nitrogens is 3. The van der Waals surface area contributed by atoms with Crippen LogP contribution in [0.15, 0.2) is 53.1 Å². The number of halogens is 2. The van der Waals surface area contributed by atoms with Crippen molar-refractivity contribution in [1.82, 2.24) is 20.3 Å². The highest BCUT2D eigenvalue weighted by Crippen LogP contribution is 2.25. The van der Waals surface area contributed by atoms with Crippen molar-refractivity contribution in [2.24, 2.45) is 5.92 Å². The lowest BCUT2D eigenvalue weighted by atomic mass is 10.0. The first-order valence-corrected chi connectivity index (χ1v) is 10.0. The van der Waals surface area contributed by atoms with Crippen LogP contribution in [-0.4, -0.2) is 20.9 Å². The first-order valence-electron chi connectivity index (χ1n) is 10.0. The lowest BCUT2D eigenvalue weighted by molar-refractivity contribution is -0.122. The van der Waals surface area contributed by atoms with Gasteiger partial charge in [0.05, 0.1) is 28.8 Å². The molecule has 31 heavy (non-hydrogen) atoms. The van der Waals surface area contributed by atoms with E-state index in [1.807, 2.05) is 38.1 Å². The lowest BCUT2D eigenvalue weighted by Crippen LogP contribution is -2.32. The first kappa shape index (κ1) is 20.7. The summed E-state index contributed by atoms with van der Waals surface area (Å²) in [5.41, 5.74) is 1.88. The Labute approximate surface area is 177 Å². The van der Waals surface area contributed by atoms with E-state index in [9.17, 15) is 13.6 Å². The van der Waals surface area contributed by atoms with Gasteiger partial charge >= 0.3 is 0 Å². The standard InChI is InChI=1S/C23H22F2N4O2/c1-13(2)22(23-27-17-5-3-4-6-18(17)28-23)29-20(30)9-10-21-26-12-19(31-21)15-8-7-14(24)11-16(15)25/h3-8,11-13,22H,9-10H2,1-2H3,(H,27,28)(H,29,30). The normalized spacial score (nSPS) is 12.4. The van der Waals surface area contributed by atoms with Crippen molar-refractivity contribution in [2.75, 3.05) is 0 Å². The second-order valence-corrected chi connectivity index (χ2v) is 7.67. The van der Waals surface area contributed by atoms with Crippen molar-refractivity contribution < 1.29 is 18.0 Å². The molecule has 2 heterocycles. The highest BCUT2D eigenvalue weighted by molar-refractivity contribution is 5.77. The van der Waals surface area contributed by atoms with Crippen LogP contribution in [0.5, 0.6) is 0 Å². The molecule has 2 aromatic heterocycles. The van der Waals surface area contributed by atoms with Gasteiger partial charge in [-0.15, -0.1) is 0 Å². The highest BCUT2D eigenvalue weighted by Gasteiger charge is 2.22. The van der Waals surface area contributed by atoms with Crippen LogP contribution in [0.4, 0.5) is 8.78 Å². The summed E-state index contributed by atoms with van der Waals surface area (Å²) in [7, 11) is 0. The summed E-state index contributed by atoms with van der Waals surface area (Å²) < 4.78 is 32.5. The van der Waals surface area contributed by atoms with E-state index in [0.29, 0.717) is 11.7 Å². The van der Waals surface area contributed by atoms with Crippen LogP contribution in [0.1, 0.15) is 38.0 Å². The van der Waals surface area contributed by atoms with Crippen LogP contribution in [0.25, 0.3) is 22.4 Å². The third-order valence-corrected chi connectivity index (χ3v) is 5.00. The maximum Gasteiger partial charge on any atom is 0.221 e. The number of rotatable bonds is 7. The molecule has 0 aliphatic heterocycles. The number of carbonyl (C=O) groups is 1.